The standard InChI is InChI=1S/C14H17BrN2S/c1-9-4-11(5-10(2)17-9)14(16-3)7-13-6-12(15)8-18-13/h4-6,8,14,16H,7H2,1-3H3. The fourth-order valence-corrected chi connectivity index (χ4v) is 3.61. The molecule has 0 aliphatic heterocycles. The minimum Gasteiger partial charge on any atom is -0.313 e. The van der Waals surface area contributed by atoms with Crippen LogP contribution < -0.4 is 5.32 Å². The number of aryl methyl sites for hydroxylation is 2. The summed E-state index contributed by atoms with van der Waals surface area (Å²) in [6, 6.07) is 6.86. The average molecular weight is 325 g/mol. The third-order valence-electron chi connectivity index (χ3n) is 2.88. The van der Waals surface area contributed by atoms with E-state index in [4.69, 9.17) is 0 Å². The van der Waals surface area contributed by atoms with Crippen molar-refractivity contribution in [3.63, 3.8) is 0 Å². The van der Waals surface area contributed by atoms with E-state index in [2.05, 4.69) is 49.8 Å². The molecule has 0 aliphatic rings. The number of thiophene rings is 1. The third-order valence-corrected chi connectivity index (χ3v) is 4.60. The van der Waals surface area contributed by atoms with Crippen molar-refractivity contribution in [1.82, 2.24) is 10.3 Å². The van der Waals surface area contributed by atoms with Gasteiger partial charge in [0.15, 0.2) is 0 Å². The molecule has 2 nitrogen and oxygen atoms in total. The fraction of sp³-hybridized carbons (Fsp3) is 0.357. The highest BCUT2D eigenvalue weighted by Crippen LogP contribution is 2.26. The summed E-state index contributed by atoms with van der Waals surface area (Å²) < 4.78 is 1.17. The minimum atomic E-state index is 0.343. The number of aromatic nitrogens is 1. The van der Waals surface area contributed by atoms with Crippen LogP contribution >= 0.6 is 27.3 Å². The Hall–Kier alpha value is -0.710. The molecule has 2 aromatic heterocycles. The van der Waals surface area contributed by atoms with Crippen molar-refractivity contribution in [2.45, 2.75) is 26.3 Å². The van der Waals surface area contributed by atoms with Crippen molar-refractivity contribution >= 4 is 27.3 Å². The van der Waals surface area contributed by atoms with Crippen molar-refractivity contribution < 1.29 is 0 Å². The summed E-state index contributed by atoms with van der Waals surface area (Å²) in [5, 5.41) is 5.52. The summed E-state index contributed by atoms with van der Waals surface area (Å²) in [5.74, 6) is 0. The van der Waals surface area contributed by atoms with Gasteiger partial charge in [0.05, 0.1) is 0 Å². The van der Waals surface area contributed by atoms with Crippen LogP contribution in [0, 0.1) is 13.8 Å². The number of hydrogen-bond donors (Lipinski definition) is 1. The van der Waals surface area contributed by atoms with Crippen molar-refractivity contribution in [3.05, 3.63) is 49.9 Å². The molecule has 0 saturated carbocycles. The lowest BCUT2D eigenvalue weighted by Gasteiger charge is -2.16. The molecule has 0 radical (unpaired) electrons. The highest BCUT2D eigenvalue weighted by Gasteiger charge is 2.12. The van der Waals surface area contributed by atoms with Gasteiger partial charge in [-0.3, -0.25) is 4.98 Å². The molecular formula is C14H17BrN2S. The molecule has 2 rings (SSSR count). The molecule has 1 unspecified atom stereocenters. The molecule has 0 amide bonds. The first-order chi connectivity index (χ1) is 8.58. The van der Waals surface area contributed by atoms with E-state index < -0.39 is 0 Å². The van der Waals surface area contributed by atoms with Crippen molar-refractivity contribution in [3.8, 4) is 0 Å². The van der Waals surface area contributed by atoms with Crippen LogP contribution in [0.2, 0.25) is 0 Å². The fourth-order valence-electron chi connectivity index (χ4n) is 2.12. The molecule has 0 aliphatic carbocycles. The van der Waals surface area contributed by atoms with Gasteiger partial charge < -0.3 is 5.32 Å². The lowest BCUT2D eigenvalue weighted by molar-refractivity contribution is 0.594. The van der Waals surface area contributed by atoms with Gasteiger partial charge in [0.2, 0.25) is 0 Å². The first kappa shape index (κ1) is 13.7. The highest BCUT2D eigenvalue weighted by molar-refractivity contribution is 9.10. The second kappa shape index (κ2) is 5.95. The number of likely N-dealkylation sites (N-methyl/N-ethyl adjacent to an activating group) is 1. The summed E-state index contributed by atoms with van der Waals surface area (Å²) in [6.07, 6.45) is 1.01. The second-order valence-corrected chi connectivity index (χ2v) is 6.37. The van der Waals surface area contributed by atoms with E-state index in [1.165, 1.54) is 14.9 Å². The Labute approximate surface area is 121 Å². The van der Waals surface area contributed by atoms with E-state index in [1.54, 1.807) is 11.3 Å². The molecule has 0 aromatic carbocycles. The topological polar surface area (TPSA) is 24.9 Å². The molecule has 0 bridgehead atoms. The Balaban J connectivity index is 2.22. The van der Waals surface area contributed by atoms with Crippen LogP contribution in [0.1, 0.15) is 27.9 Å². The van der Waals surface area contributed by atoms with E-state index >= 15 is 0 Å². The zero-order valence-electron chi connectivity index (χ0n) is 10.8. The van der Waals surface area contributed by atoms with Gasteiger partial charge in [-0.15, -0.1) is 11.3 Å². The number of nitrogens with zero attached hydrogens (tertiary/aromatic N) is 1. The van der Waals surface area contributed by atoms with Gasteiger partial charge in [-0.2, -0.15) is 0 Å². The Kier molecular flexibility index (Phi) is 4.54. The molecule has 1 N–H and O–H groups in total. The van der Waals surface area contributed by atoms with Crippen molar-refractivity contribution in [2.24, 2.45) is 0 Å². The molecule has 1 atom stereocenters. The monoisotopic (exact) mass is 324 g/mol. The van der Waals surface area contributed by atoms with Gasteiger partial charge in [0.1, 0.15) is 0 Å². The van der Waals surface area contributed by atoms with Crippen LogP contribution in [0.3, 0.4) is 0 Å². The van der Waals surface area contributed by atoms with Gasteiger partial charge in [-0.25, -0.2) is 0 Å². The first-order valence-electron chi connectivity index (χ1n) is 5.94. The van der Waals surface area contributed by atoms with Gasteiger partial charge >= 0.3 is 0 Å². The third kappa shape index (κ3) is 3.40. The van der Waals surface area contributed by atoms with Gasteiger partial charge in [0.25, 0.3) is 0 Å². The zero-order valence-corrected chi connectivity index (χ0v) is 13.2. The number of halogens is 1. The summed E-state index contributed by atoms with van der Waals surface area (Å²) in [7, 11) is 2.01. The molecule has 2 aromatic rings. The van der Waals surface area contributed by atoms with Crippen molar-refractivity contribution in [2.75, 3.05) is 7.05 Å². The zero-order chi connectivity index (χ0) is 13.1. The number of hydrogen-bond acceptors (Lipinski definition) is 3. The SMILES string of the molecule is CNC(Cc1cc(Br)cs1)c1cc(C)nc(C)c1. The average Bonchev–Trinajstić information content (AvgIpc) is 2.70. The Morgan fingerprint density at radius 1 is 1.28 bits per heavy atom. The smallest absolute Gasteiger partial charge is 0.0379 e. The Morgan fingerprint density at radius 3 is 2.44 bits per heavy atom. The van der Waals surface area contributed by atoms with Crippen LogP contribution in [0.15, 0.2) is 28.1 Å². The Morgan fingerprint density at radius 2 is 1.94 bits per heavy atom. The van der Waals surface area contributed by atoms with E-state index in [9.17, 15) is 0 Å². The molecule has 2 heterocycles. The normalized spacial score (nSPS) is 12.7. The maximum absolute atomic E-state index is 4.43. The van der Waals surface area contributed by atoms with E-state index in [-0.39, 0.29) is 0 Å². The Bertz CT molecular complexity index is 516. The molecule has 0 saturated heterocycles. The van der Waals surface area contributed by atoms with Crippen molar-refractivity contribution in [1.29, 1.82) is 0 Å². The van der Waals surface area contributed by atoms with Crippen LogP contribution in [0.25, 0.3) is 0 Å². The lowest BCUT2D eigenvalue weighted by atomic mass is 10.0. The summed E-state index contributed by atoms with van der Waals surface area (Å²) in [6.45, 7) is 4.09. The van der Waals surface area contributed by atoms with Crippen LogP contribution in [-0.2, 0) is 6.42 Å². The largest absolute Gasteiger partial charge is 0.313 e. The quantitative estimate of drug-likeness (QED) is 0.918. The van der Waals surface area contributed by atoms with E-state index in [1.807, 2.05) is 20.9 Å². The summed E-state index contributed by atoms with van der Waals surface area (Å²) in [5.41, 5.74) is 3.47. The summed E-state index contributed by atoms with van der Waals surface area (Å²) >= 11 is 5.30. The number of rotatable bonds is 4. The number of nitrogens with one attached hydrogen (secondary N) is 1. The maximum atomic E-state index is 4.43. The molecular weight excluding hydrogens is 308 g/mol. The molecule has 0 spiro atoms. The van der Waals surface area contributed by atoms with Crippen LogP contribution in [0.4, 0.5) is 0 Å². The van der Waals surface area contributed by atoms with Gasteiger partial charge in [-0.1, -0.05) is 0 Å². The minimum absolute atomic E-state index is 0.343. The maximum Gasteiger partial charge on any atom is 0.0379 e. The lowest BCUT2D eigenvalue weighted by Crippen LogP contribution is -2.19. The molecule has 4 heteroatoms. The van der Waals surface area contributed by atoms with Gasteiger partial charge in [0, 0.05) is 38.6 Å². The van der Waals surface area contributed by atoms with E-state index in [0.29, 0.717) is 6.04 Å². The molecule has 18 heavy (non-hydrogen) atoms. The van der Waals surface area contributed by atoms with E-state index in [0.717, 1.165) is 17.8 Å². The second-order valence-electron chi connectivity index (χ2n) is 4.46. The molecule has 96 valence electrons. The summed E-state index contributed by atoms with van der Waals surface area (Å²) in [4.78, 5) is 5.81. The highest BCUT2D eigenvalue weighted by atomic mass is 79.9. The first-order valence-corrected chi connectivity index (χ1v) is 7.61. The van der Waals surface area contributed by atoms with Gasteiger partial charge in [-0.05, 0) is 60.6 Å². The predicted molar refractivity (Wildman–Crippen MR) is 81.2 cm³/mol. The molecule has 0 fully saturated rings. The predicted octanol–water partition coefficient (Wildman–Crippen LogP) is 4.03. The van der Waals surface area contributed by atoms with Crippen LogP contribution in [-0.4, -0.2) is 12.0 Å². The number of pyridine rings is 1. The van der Waals surface area contributed by atoms with Crippen LogP contribution in [0.5, 0.6) is 0 Å².